The molecule has 0 aromatic rings. The van der Waals surface area contributed by atoms with Gasteiger partial charge in [0.25, 0.3) is 0 Å². The van der Waals surface area contributed by atoms with E-state index in [9.17, 15) is 4.79 Å². The van der Waals surface area contributed by atoms with E-state index in [1.54, 1.807) is 0 Å². The van der Waals surface area contributed by atoms with Gasteiger partial charge < -0.3 is 15.0 Å². The van der Waals surface area contributed by atoms with Crippen LogP contribution in [0, 0.1) is 11.8 Å². The summed E-state index contributed by atoms with van der Waals surface area (Å²) in [6.07, 6.45) is 6.58. The normalized spacial score (nSPS) is 35.8. The maximum Gasteiger partial charge on any atom is 0.225 e. The van der Waals surface area contributed by atoms with Crippen molar-refractivity contribution in [1.29, 1.82) is 0 Å². The van der Waals surface area contributed by atoms with Crippen molar-refractivity contribution in [3.8, 4) is 0 Å². The van der Waals surface area contributed by atoms with Crippen LogP contribution in [0.25, 0.3) is 0 Å². The summed E-state index contributed by atoms with van der Waals surface area (Å²) >= 11 is 0. The van der Waals surface area contributed by atoms with Gasteiger partial charge in [-0.1, -0.05) is 0 Å². The molecule has 3 saturated heterocycles. The second kappa shape index (κ2) is 6.23. The van der Waals surface area contributed by atoms with E-state index in [2.05, 4.69) is 10.2 Å². The second-order valence-electron chi connectivity index (χ2n) is 6.33. The average molecular weight is 266 g/mol. The maximum absolute atomic E-state index is 12.4. The van der Waals surface area contributed by atoms with Crippen molar-refractivity contribution < 1.29 is 9.53 Å². The number of amides is 1. The molecule has 3 aliphatic rings. The zero-order chi connectivity index (χ0) is 13.1. The van der Waals surface area contributed by atoms with Crippen LogP contribution in [0.4, 0.5) is 0 Å². The van der Waals surface area contributed by atoms with Gasteiger partial charge in [-0.25, -0.2) is 0 Å². The molecular weight excluding hydrogens is 240 g/mol. The van der Waals surface area contributed by atoms with Crippen molar-refractivity contribution in [3.63, 3.8) is 0 Å². The number of hydrogen-bond acceptors (Lipinski definition) is 3. The topological polar surface area (TPSA) is 41.6 Å². The summed E-state index contributed by atoms with van der Waals surface area (Å²) in [6, 6.07) is 0. The highest BCUT2D eigenvalue weighted by atomic mass is 16.5. The number of carbonyl (C=O) groups excluding carboxylic acids is 1. The van der Waals surface area contributed by atoms with Gasteiger partial charge in [-0.3, -0.25) is 4.79 Å². The lowest BCUT2D eigenvalue weighted by Gasteiger charge is -2.26. The number of ether oxygens (including phenoxy) is 1. The summed E-state index contributed by atoms with van der Waals surface area (Å²) in [5.74, 6) is 1.91. The van der Waals surface area contributed by atoms with E-state index in [-0.39, 0.29) is 6.10 Å². The summed E-state index contributed by atoms with van der Waals surface area (Å²) in [5.41, 5.74) is 0. The molecule has 3 aliphatic heterocycles. The van der Waals surface area contributed by atoms with Crippen molar-refractivity contribution in [2.24, 2.45) is 11.8 Å². The number of rotatable bonds is 2. The molecule has 108 valence electrons. The summed E-state index contributed by atoms with van der Waals surface area (Å²) in [5, 5.41) is 3.48. The minimum absolute atomic E-state index is 0.186. The van der Waals surface area contributed by atoms with Crippen molar-refractivity contribution in [2.75, 3.05) is 32.8 Å². The van der Waals surface area contributed by atoms with Crippen LogP contribution in [0.2, 0.25) is 0 Å². The minimum Gasteiger partial charge on any atom is -0.378 e. The highest BCUT2D eigenvalue weighted by Gasteiger charge is 2.32. The zero-order valence-electron chi connectivity index (χ0n) is 11.8. The zero-order valence-corrected chi connectivity index (χ0v) is 11.8. The monoisotopic (exact) mass is 266 g/mol. The van der Waals surface area contributed by atoms with Crippen molar-refractivity contribution >= 4 is 5.91 Å². The van der Waals surface area contributed by atoms with Crippen LogP contribution in [-0.2, 0) is 9.53 Å². The highest BCUT2D eigenvalue weighted by Crippen LogP contribution is 2.27. The molecule has 0 aliphatic carbocycles. The molecular formula is C15H26N2O2. The van der Waals surface area contributed by atoms with E-state index in [1.807, 2.05) is 0 Å². The van der Waals surface area contributed by atoms with Crippen LogP contribution in [0.15, 0.2) is 0 Å². The van der Waals surface area contributed by atoms with Gasteiger partial charge in [-0.15, -0.1) is 0 Å². The van der Waals surface area contributed by atoms with E-state index < -0.39 is 0 Å². The molecule has 0 spiro atoms. The van der Waals surface area contributed by atoms with Gasteiger partial charge in [0.2, 0.25) is 5.91 Å². The van der Waals surface area contributed by atoms with Gasteiger partial charge in [-0.2, -0.15) is 0 Å². The Bertz CT molecular complexity index is 301. The maximum atomic E-state index is 12.4. The first-order valence-electron chi connectivity index (χ1n) is 7.93. The predicted octanol–water partition coefficient (Wildman–Crippen LogP) is 1.40. The fourth-order valence-corrected chi connectivity index (χ4v) is 3.76. The van der Waals surface area contributed by atoms with E-state index in [1.165, 1.54) is 19.3 Å². The third-order valence-electron chi connectivity index (χ3n) is 5.05. The fraction of sp³-hybridized carbons (Fsp3) is 0.933. The lowest BCUT2D eigenvalue weighted by molar-refractivity contribution is -0.135. The Morgan fingerprint density at radius 1 is 1.11 bits per heavy atom. The average Bonchev–Trinajstić information content (AvgIpc) is 2.78. The molecule has 0 bridgehead atoms. The highest BCUT2D eigenvalue weighted by molar-refractivity contribution is 5.76. The van der Waals surface area contributed by atoms with Crippen LogP contribution in [0.3, 0.4) is 0 Å². The number of nitrogens with zero attached hydrogens (tertiary/aromatic N) is 1. The fourth-order valence-electron chi connectivity index (χ4n) is 3.76. The molecule has 3 atom stereocenters. The molecule has 0 aromatic carbocycles. The van der Waals surface area contributed by atoms with E-state index in [4.69, 9.17) is 4.74 Å². The molecule has 3 heterocycles. The lowest BCUT2D eigenvalue weighted by Crippen LogP contribution is -2.36. The van der Waals surface area contributed by atoms with Gasteiger partial charge >= 0.3 is 0 Å². The molecule has 1 amide bonds. The smallest absolute Gasteiger partial charge is 0.225 e. The Balaban J connectivity index is 1.49. The minimum atomic E-state index is 0.186. The molecule has 1 unspecified atom stereocenters. The first-order chi connectivity index (χ1) is 9.33. The summed E-state index contributed by atoms with van der Waals surface area (Å²) < 4.78 is 5.69. The number of nitrogens with one attached hydrogen (secondary N) is 1. The predicted molar refractivity (Wildman–Crippen MR) is 73.9 cm³/mol. The van der Waals surface area contributed by atoms with Gasteiger partial charge in [-0.05, 0) is 57.0 Å². The molecule has 0 radical (unpaired) electrons. The standard InChI is InChI=1S/C15H26N2O2/c18-15(9-14-3-1-2-8-19-14)17-6-4-12-10-16-11-13(12)5-7-17/h12-14,16H,1-11H2/t12-,13+,14?. The molecule has 4 heteroatoms. The van der Waals surface area contributed by atoms with Crippen molar-refractivity contribution in [2.45, 2.75) is 44.6 Å². The SMILES string of the molecule is O=C(CC1CCCCO1)N1CC[C@@H]2CNC[C@@H]2CC1. The van der Waals surface area contributed by atoms with Crippen LogP contribution in [-0.4, -0.2) is 49.7 Å². The summed E-state index contributed by atoms with van der Waals surface area (Å²) in [7, 11) is 0. The summed E-state index contributed by atoms with van der Waals surface area (Å²) in [6.45, 7) is 5.05. The molecule has 19 heavy (non-hydrogen) atoms. The number of fused-ring (bicyclic) bond motifs is 1. The van der Waals surface area contributed by atoms with Gasteiger partial charge in [0.1, 0.15) is 0 Å². The van der Waals surface area contributed by atoms with E-state index >= 15 is 0 Å². The largest absolute Gasteiger partial charge is 0.378 e. The quantitative estimate of drug-likeness (QED) is 0.821. The summed E-state index contributed by atoms with van der Waals surface area (Å²) in [4.78, 5) is 14.5. The molecule has 3 rings (SSSR count). The number of likely N-dealkylation sites (tertiary alicyclic amines) is 1. The molecule has 0 saturated carbocycles. The third-order valence-corrected chi connectivity index (χ3v) is 5.05. The molecule has 0 aromatic heterocycles. The lowest BCUT2D eigenvalue weighted by atomic mass is 9.92. The molecule has 3 fully saturated rings. The van der Waals surface area contributed by atoms with E-state index in [0.717, 1.165) is 57.5 Å². The van der Waals surface area contributed by atoms with Crippen molar-refractivity contribution in [1.82, 2.24) is 10.2 Å². The van der Waals surface area contributed by atoms with Crippen molar-refractivity contribution in [3.05, 3.63) is 0 Å². The van der Waals surface area contributed by atoms with Gasteiger partial charge in [0.05, 0.1) is 12.5 Å². The first-order valence-corrected chi connectivity index (χ1v) is 7.93. The number of carbonyl (C=O) groups is 1. The van der Waals surface area contributed by atoms with Crippen LogP contribution < -0.4 is 5.32 Å². The van der Waals surface area contributed by atoms with Crippen LogP contribution in [0.5, 0.6) is 0 Å². The Morgan fingerprint density at radius 3 is 2.47 bits per heavy atom. The van der Waals surface area contributed by atoms with E-state index in [0.29, 0.717) is 12.3 Å². The Hall–Kier alpha value is -0.610. The first kappa shape index (κ1) is 13.4. The van der Waals surface area contributed by atoms with Gasteiger partial charge in [0, 0.05) is 19.7 Å². The van der Waals surface area contributed by atoms with Gasteiger partial charge in [0.15, 0.2) is 0 Å². The van der Waals surface area contributed by atoms with Crippen LogP contribution in [0.1, 0.15) is 38.5 Å². The third kappa shape index (κ3) is 3.29. The Labute approximate surface area is 115 Å². The Morgan fingerprint density at radius 2 is 1.84 bits per heavy atom. The molecule has 4 nitrogen and oxygen atoms in total. The second-order valence-corrected chi connectivity index (χ2v) is 6.33. The molecule has 1 N–H and O–H groups in total. The van der Waals surface area contributed by atoms with Crippen LogP contribution >= 0.6 is 0 Å². The number of hydrogen-bond donors (Lipinski definition) is 1. The Kier molecular flexibility index (Phi) is 4.38.